The molecule has 0 aliphatic heterocycles. The van der Waals surface area contributed by atoms with E-state index in [0.29, 0.717) is 12.1 Å². The number of nitrogens with two attached hydrogens (primary N) is 1. The summed E-state index contributed by atoms with van der Waals surface area (Å²) in [7, 11) is 1.73. The Kier molecular flexibility index (Phi) is 4.84. The molecule has 0 aliphatic carbocycles. The largest absolute Gasteiger partial charge is 0.368 e. The van der Waals surface area contributed by atoms with Gasteiger partial charge in [-0.2, -0.15) is 0 Å². The number of primary amides is 1. The molecule has 1 aromatic rings. The smallest absolute Gasteiger partial charge is 0.239 e. The van der Waals surface area contributed by atoms with Crippen molar-refractivity contribution in [2.24, 2.45) is 5.73 Å². The van der Waals surface area contributed by atoms with E-state index in [1.807, 2.05) is 0 Å². The lowest BCUT2D eigenvalue weighted by atomic mass is 10.1. The highest BCUT2D eigenvalue weighted by atomic mass is 79.9. The van der Waals surface area contributed by atoms with Gasteiger partial charge in [0.15, 0.2) is 0 Å². The Morgan fingerprint density at radius 3 is 2.76 bits per heavy atom. The van der Waals surface area contributed by atoms with Crippen LogP contribution in [0.5, 0.6) is 0 Å². The van der Waals surface area contributed by atoms with Gasteiger partial charge >= 0.3 is 0 Å². The zero-order valence-electron chi connectivity index (χ0n) is 9.49. The van der Waals surface area contributed by atoms with Crippen LogP contribution in [0.4, 0.5) is 4.39 Å². The van der Waals surface area contributed by atoms with Gasteiger partial charge in [-0.1, -0.05) is 34.6 Å². The normalized spacial score (nSPS) is 12.5. The van der Waals surface area contributed by atoms with Crippen molar-refractivity contribution in [3.05, 3.63) is 46.7 Å². The number of carbonyl (C=O) groups is 1. The summed E-state index contributed by atoms with van der Waals surface area (Å²) in [5.41, 5.74) is 5.88. The standard InChI is InChI=1S/C12H14BrFN2O/c1-8(13)7-16(2)11(12(15)17)9-4-3-5-10(14)6-9/h3-6,11H,1,7H2,2H3,(H2,15,17)/t11-/m1/s1. The van der Waals surface area contributed by atoms with E-state index in [1.54, 1.807) is 24.1 Å². The van der Waals surface area contributed by atoms with Gasteiger partial charge in [-0.15, -0.1) is 0 Å². The number of benzene rings is 1. The molecule has 1 aromatic carbocycles. The van der Waals surface area contributed by atoms with Crippen molar-refractivity contribution < 1.29 is 9.18 Å². The average molecular weight is 301 g/mol. The van der Waals surface area contributed by atoms with Crippen LogP contribution in [0.3, 0.4) is 0 Å². The van der Waals surface area contributed by atoms with Gasteiger partial charge in [0.05, 0.1) is 0 Å². The Hall–Kier alpha value is -1.20. The van der Waals surface area contributed by atoms with E-state index >= 15 is 0 Å². The van der Waals surface area contributed by atoms with Crippen LogP contribution in [0.15, 0.2) is 35.3 Å². The monoisotopic (exact) mass is 300 g/mol. The van der Waals surface area contributed by atoms with Gasteiger partial charge in [-0.3, -0.25) is 9.69 Å². The molecule has 0 aromatic heterocycles. The minimum absolute atomic E-state index is 0.389. The van der Waals surface area contributed by atoms with Crippen LogP contribution >= 0.6 is 15.9 Å². The number of likely N-dealkylation sites (N-methyl/N-ethyl adjacent to an activating group) is 1. The predicted molar refractivity (Wildman–Crippen MR) is 69.0 cm³/mol. The molecule has 1 atom stereocenters. The Labute approximate surface area is 108 Å². The lowest BCUT2D eigenvalue weighted by Crippen LogP contribution is -2.36. The maximum atomic E-state index is 13.1. The molecule has 17 heavy (non-hydrogen) atoms. The fourth-order valence-electron chi connectivity index (χ4n) is 1.67. The van der Waals surface area contributed by atoms with E-state index in [1.165, 1.54) is 12.1 Å². The van der Waals surface area contributed by atoms with Crippen molar-refractivity contribution >= 4 is 21.8 Å². The summed E-state index contributed by atoms with van der Waals surface area (Å²) in [6.45, 7) is 4.15. The van der Waals surface area contributed by atoms with Crippen molar-refractivity contribution in [2.75, 3.05) is 13.6 Å². The van der Waals surface area contributed by atoms with Gasteiger partial charge in [0, 0.05) is 11.0 Å². The fraction of sp³-hybridized carbons (Fsp3) is 0.250. The molecule has 0 saturated heterocycles. The summed E-state index contributed by atoms with van der Waals surface area (Å²) < 4.78 is 13.8. The molecular weight excluding hydrogens is 287 g/mol. The van der Waals surface area contributed by atoms with E-state index < -0.39 is 11.9 Å². The quantitative estimate of drug-likeness (QED) is 0.906. The van der Waals surface area contributed by atoms with Gasteiger partial charge in [-0.25, -0.2) is 4.39 Å². The van der Waals surface area contributed by atoms with Crippen LogP contribution in [0, 0.1) is 5.82 Å². The summed E-state index contributed by atoms with van der Waals surface area (Å²) in [5, 5.41) is 0. The first kappa shape index (κ1) is 13.9. The lowest BCUT2D eigenvalue weighted by molar-refractivity contribution is -0.122. The number of rotatable bonds is 5. The molecule has 0 saturated carbocycles. The molecule has 1 amide bonds. The molecular formula is C12H14BrFN2O. The summed E-state index contributed by atoms with van der Waals surface area (Å²) in [6, 6.07) is 5.19. The summed E-state index contributed by atoms with van der Waals surface area (Å²) in [4.78, 5) is 13.1. The molecule has 0 bridgehead atoms. The van der Waals surface area contributed by atoms with E-state index in [-0.39, 0.29) is 5.82 Å². The lowest BCUT2D eigenvalue weighted by Gasteiger charge is -2.25. The Bertz CT molecular complexity index is 436. The van der Waals surface area contributed by atoms with Gasteiger partial charge in [0.25, 0.3) is 0 Å². The van der Waals surface area contributed by atoms with Crippen molar-refractivity contribution in [1.82, 2.24) is 4.90 Å². The topological polar surface area (TPSA) is 46.3 Å². The van der Waals surface area contributed by atoms with E-state index in [4.69, 9.17) is 5.73 Å². The second-order valence-electron chi connectivity index (χ2n) is 3.79. The van der Waals surface area contributed by atoms with Gasteiger partial charge in [-0.05, 0) is 24.7 Å². The summed E-state index contributed by atoms with van der Waals surface area (Å²) in [6.07, 6.45) is 0. The Morgan fingerprint density at radius 2 is 2.29 bits per heavy atom. The Morgan fingerprint density at radius 1 is 1.65 bits per heavy atom. The Balaban J connectivity index is 3.01. The minimum Gasteiger partial charge on any atom is -0.368 e. The average Bonchev–Trinajstić information content (AvgIpc) is 2.15. The highest BCUT2D eigenvalue weighted by Gasteiger charge is 2.23. The zero-order chi connectivity index (χ0) is 13.0. The maximum Gasteiger partial charge on any atom is 0.239 e. The molecule has 0 heterocycles. The van der Waals surface area contributed by atoms with Crippen LogP contribution in [-0.4, -0.2) is 24.4 Å². The molecule has 3 nitrogen and oxygen atoms in total. The third-order valence-corrected chi connectivity index (χ3v) is 2.55. The molecule has 1 rings (SSSR count). The second-order valence-corrected chi connectivity index (χ2v) is 4.91. The van der Waals surface area contributed by atoms with Crippen molar-refractivity contribution in [1.29, 1.82) is 0 Å². The summed E-state index contributed by atoms with van der Waals surface area (Å²) >= 11 is 3.22. The summed E-state index contributed by atoms with van der Waals surface area (Å²) in [5.74, 6) is -0.910. The minimum atomic E-state index is -0.667. The predicted octanol–water partition coefficient (Wildman–Crippen LogP) is 2.19. The third kappa shape index (κ3) is 3.94. The first-order valence-corrected chi connectivity index (χ1v) is 5.79. The van der Waals surface area contributed by atoms with Crippen LogP contribution < -0.4 is 5.73 Å². The molecule has 0 spiro atoms. The zero-order valence-corrected chi connectivity index (χ0v) is 11.1. The van der Waals surface area contributed by atoms with Crippen molar-refractivity contribution in [3.8, 4) is 0 Å². The highest BCUT2D eigenvalue weighted by Crippen LogP contribution is 2.21. The molecule has 0 radical (unpaired) electrons. The first-order chi connectivity index (χ1) is 7.91. The number of carbonyl (C=O) groups excluding carboxylic acids is 1. The molecule has 2 N–H and O–H groups in total. The van der Waals surface area contributed by atoms with Crippen LogP contribution in [0.2, 0.25) is 0 Å². The molecule has 92 valence electrons. The highest BCUT2D eigenvalue weighted by molar-refractivity contribution is 9.11. The fourth-order valence-corrected chi connectivity index (χ4v) is 2.07. The third-order valence-electron chi connectivity index (χ3n) is 2.30. The number of halogens is 2. The molecule has 0 fully saturated rings. The second kappa shape index (κ2) is 5.93. The van der Waals surface area contributed by atoms with E-state index in [2.05, 4.69) is 22.5 Å². The number of hydrogen-bond donors (Lipinski definition) is 1. The molecule has 5 heteroatoms. The number of amides is 1. The van der Waals surface area contributed by atoms with Crippen molar-refractivity contribution in [2.45, 2.75) is 6.04 Å². The van der Waals surface area contributed by atoms with Gasteiger partial charge in [0.1, 0.15) is 11.9 Å². The van der Waals surface area contributed by atoms with E-state index in [9.17, 15) is 9.18 Å². The SMILES string of the molecule is C=C(Br)CN(C)[C@@H](C(N)=O)c1cccc(F)c1. The first-order valence-electron chi connectivity index (χ1n) is 5.00. The van der Waals surface area contributed by atoms with Crippen molar-refractivity contribution in [3.63, 3.8) is 0 Å². The van der Waals surface area contributed by atoms with Crippen LogP contribution in [0.1, 0.15) is 11.6 Å². The molecule has 0 unspecified atom stereocenters. The van der Waals surface area contributed by atoms with E-state index in [0.717, 1.165) is 4.48 Å². The van der Waals surface area contributed by atoms with Gasteiger partial charge in [0.2, 0.25) is 5.91 Å². The molecule has 0 aliphatic rings. The number of hydrogen-bond acceptors (Lipinski definition) is 2. The maximum absolute atomic E-state index is 13.1. The number of nitrogens with zero attached hydrogens (tertiary/aromatic N) is 1. The van der Waals surface area contributed by atoms with Crippen LogP contribution in [0.25, 0.3) is 0 Å². The van der Waals surface area contributed by atoms with Crippen LogP contribution in [-0.2, 0) is 4.79 Å². The van der Waals surface area contributed by atoms with Gasteiger partial charge < -0.3 is 5.73 Å².